The summed E-state index contributed by atoms with van der Waals surface area (Å²) in [7, 11) is 0. The van der Waals surface area contributed by atoms with E-state index in [1.807, 2.05) is 31.2 Å². The molecule has 2 atom stereocenters. The molecule has 2 aliphatic rings. The van der Waals surface area contributed by atoms with Gasteiger partial charge in [-0.3, -0.25) is 14.9 Å². The number of rotatable bonds is 2. The van der Waals surface area contributed by atoms with Crippen LogP contribution in [0.2, 0.25) is 0 Å². The highest BCUT2D eigenvalue weighted by Gasteiger charge is 2.36. The summed E-state index contributed by atoms with van der Waals surface area (Å²) < 4.78 is 0. The highest BCUT2D eigenvalue weighted by molar-refractivity contribution is 6.07. The van der Waals surface area contributed by atoms with Crippen LogP contribution in [0.4, 0.5) is 10.5 Å². The summed E-state index contributed by atoms with van der Waals surface area (Å²) in [6, 6.07) is 6.51. The summed E-state index contributed by atoms with van der Waals surface area (Å²) in [6.45, 7) is 1.98. The van der Waals surface area contributed by atoms with Crippen molar-refractivity contribution in [3.05, 3.63) is 29.8 Å². The average Bonchev–Trinajstić information content (AvgIpc) is 2.88. The molecule has 0 saturated carbocycles. The molecule has 20 heavy (non-hydrogen) atoms. The third-order valence-electron chi connectivity index (χ3n) is 3.71. The van der Waals surface area contributed by atoms with E-state index in [4.69, 9.17) is 0 Å². The number of hydrogen-bond acceptors (Lipinski definition) is 3. The van der Waals surface area contributed by atoms with Crippen molar-refractivity contribution in [3.8, 4) is 0 Å². The molecule has 2 unspecified atom stereocenters. The lowest BCUT2D eigenvalue weighted by molar-refractivity contribution is -0.125. The Bertz CT molecular complexity index is 599. The van der Waals surface area contributed by atoms with Crippen molar-refractivity contribution >= 4 is 23.5 Å². The van der Waals surface area contributed by atoms with Gasteiger partial charge in [-0.2, -0.15) is 0 Å². The van der Waals surface area contributed by atoms with Crippen molar-refractivity contribution in [2.75, 3.05) is 4.90 Å². The van der Waals surface area contributed by atoms with Gasteiger partial charge in [0.2, 0.25) is 5.91 Å². The first-order valence-corrected chi connectivity index (χ1v) is 6.57. The third-order valence-corrected chi connectivity index (χ3v) is 3.71. The van der Waals surface area contributed by atoms with Crippen LogP contribution in [0.15, 0.2) is 24.3 Å². The lowest BCUT2D eigenvalue weighted by Gasteiger charge is -2.23. The smallest absolute Gasteiger partial charge is 0.322 e. The lowest BCUT2D eigenvalue weighted by Crippen LogP contribution is -2.41. The minimum Gasteiger partial charge on any atom is -0.325 e. The number of fused-ring (bicyclic) bond motifs is 1. The zero-order valence-electron chi connectivity index (χ0n) is 11.1. The Kier molecular flexibility index (Phi) is 2.93. The standard InChI is InChI=1S/C14H15N3O3/c1-8-6-9-4-2-3-5-11(9)17(8)12(18)7-10-13(19)16-14(20)15-10/h2-5,8,10H,6-7H2,1H3,(H2,15,16,19,20). The molecule has 1 aromatic rings. The minimum absolute atomic E-state index is 0.0176. The molecule has 3 rings (SSSR count). The molecule has 2 N–H and O–H groups in total. The molecule has 0 bridgehead atoms. The van der Waals surface area contributed by atoms with Crippen molar-refractivity contribution in [2.24, 2.45) is 0 Å². The molecule has 1 fully saturated rings. The van der Waals surface area contributed by atoms with E-state index in [0.29, 0.717) is 0 Å². The maximum Gasteiger partial charge on any atom is 0.322 e. The quantitative estimate of drug-likeness (QED) is 0.773. The fourth-order valence-corrected chi connectivity index (χ4v) is 2.82. The predicted octanol–water partition coefficient (Wildman–Crippen LogP) is 0.562. The molecule has 2 aliphatic heterocycles. The SMILES string of the molecule is CC1Cc2ccccc2N1C(=O)CC1NC(=O)NC1=O. The maximum absolute atomic E-state index is 12.4. The van der Waals surface area contributed by atoms with E-state index in [1.54, 1.807) is 4.90 Å². The van der Waals surface area contributed by atoms with E-state index >= 15 is 0 Å². The van der Waals surface area contributed by atoms with Gasteiger partial charge in [0, 0.05) is 11.7 Å². The van der Waals surface area contributed by atoms with Gasteiger partial charge in [0.05, 0.1) is 6.42 Å². The number of para-hydroxylation sites is 1. The second-order valence-electron chi connectivity index (χ2n) is 5.17. The molecule has 0 radical (unpaired) electrons. The monoisotopic (exact) mass is 273 g/mol. The second-order valence-corrected chi connectivity index (χ2v) is 5.17. The molecule has 1 aromatic carbocycles. The molecule has 0 aromatic heterocycles. The molecule has 4 amide bonds. The lowest BCUT2D eigenvalue weighted by atomic mass is 10.1. The van der Waals surface area contributed by atoms with Gasteiger partial charge in [-0.15, -0.1) is 0 Å². The molecule has 0 spiro atoms. The van der Waals surface area contributed by atoms with Crippen LogP contribution in [-0.4, -0.2) is 29.9 Å². The van der Waals surface area contributed by atoms with Crippen LogP contribution >= 0.6 is 0 Å². The first-order valence-electron chi connectivity index (χ1n) is 6.57. The summed E-state index contributed by atoms with van der Waals surface area (Å²) in [5.41, 5.74) is 2.03. The average molecular weight is 273 g/mol. The molecule has 6 nitrogen and oxygen atoms in total. The zero-order valence-corrected chi connectivity index (χ0v) is 11.1. The van der Waals surface area contributed by atoms with Gasteiger partial charge in [-0.05, 0) is 25.0 Å². The van der Waals surface area contributed by atoms with E-state index in [1.165, 1.54) is 0 Å². The molecule has 6 heteroatoms. The maximum atomic E-state index is 12.4. The fraction of sp³-hybridized carbons (Fsp3) is 0.357. The molecule has 1 saturated heterocycles. The molecular weight excluding hydrogens is 258 g/mol. The summed E-state index contributed by atoms with van der Waals surface area (Å²) >= 11 is 0. The highest BCUT2D eigenvalue weighted by atomic mass is 16.2. The number of benzene rings is 1. The first-order chi connectivity index (χ1) is 9.56. The van der Waals surface area contributed by atoms with E-state index < -0.39 is 18.0 Å². The number of nitrogens with one attached hydrogen (secondary N) is 2. The van der Waals surface area contributed by atoms with Crippen molar-refractivity contribution in [1.29, 1.82) is 0 Å². The predicted molar refractivity (Wildman–Crippen MR) is 72.2 cm³/mol. The van der Waals surface area contributed by atoms with Gasteiger partial charge < -0.3 is 10.2 Å². The van der Waals surface area contributed by atoms with Gasteiger partial charge >= 0.3 is 6.03 Å². The molecule has 0 aliphatic carbocycles. The van der Waals surface area contributed by atoms with Crippen LogP contribution < -0.4 is 15.5 Å². The van der Waals surface area contributed by atoms with Crippen molar-refractivity contribution in [1.82, 2.24) is 10.6 Å². The van der Waals surface area contributed by atoms with E-state index in [-0.39, 0.29) is 18.4 Å². The van der Waals surface area contributed by atoms with E-state index in [2.05, 4.69) is 10.6 Å². The van der Waals surface area contributed by atoms with Crippen LogP contribution in [0, 0.1) is 0 Å². The Morgan fingerprint density at radius 3 is 2.80 bits per heavy atom. The number of imide groups is 1. The summed E-state index contributed by atoms with van der Waals surface area (Å²) in [4.78, 5) is 36.7. The van der Waals surface area contributed by atoms with Crippen LogP contribution in [0.3, 0.4) is 0 Å². The van der Waals surface area contributed by atoms with Crippen molar-refractivity contribution in [2.45, 2.75) is 31.8 Å². The van der Waals surface area contributed by atoms with Crippen LogP contribution in [0.1, 0.15) is 18.9 Å². The van der Waals surface area contributed by atoms with Gasteiger partial charge in [0.1, 0.15) is 6.04 Å². The van der Waals surface area contributed by atoms with Gasteiger partial charge in [-0.1, -0.05) is 18.2 Å². The summed E-state index contributed by atoms with van der Waals surface area (Å²) in [6.07, 6.45) is 0.793. The Labute approximate surface area is 116 Å². The van der Waals surface area contributed by atoms with Gasteiger partial charge in [-0.25, -0.2) is 4.79 Å². The largest absolute Gasteiger partial charge is 0.325 e. The second kappa shape index (κ2) is 4.63. The minimum atomic E-state index is -0.769. The number of anilines is 1. The topological polar surface area (TPSA) is 78.5 Å². The van der Waals surface area contributed by atoms with Crippen molar-refractivity contribution in [3.63, 3.8) is 0 Å². The highest BCUT2D eigenvalue weighted by Crippen LogP contribution is 2.32. The normalized spacial score (nSPS) is 24.4. The van der Waals surface area contributed by atoms with Crippen LogP contribution in [0.25, 0.3) is 0 Å². The van der Waals surface area contributed by atoms with Crippen LogP contribution in [0.5, 0.6) is 0 Å². The fourth-order valence-electron chi connectivity index (χ4n) is 2.82. The number of amides is 4. The first kappa shape index (κ1) is 12.7. The van der Waals surface area contributed by atoms with Gasteiger partial charge in [0.25, 0.3) is 5.91 Å². The van der Waals surface area contributed by atoms with Crippen molar-refractivity contribution < 1.29 is 14.4 Å². The molecule has 104 valence electrons. The number of carbonyl (C=O) groups is 3. The third kappa shape index (κ3) is 2.03. The Hall–Kier alpha value is -2.37. The molecule has 2 heterocycles. The van der Waals surface area contributed by atoms with E-state index in [0.717, 1.165) is 17.7 Å². The zero-order chi connectivity index (χ0) is 14.3. The summed E-state index contributed by atoms with van der Waals surface area (Å²) in [5, 5.41) is 4.58. The molecular formula is C14H15N3O3. The van der Waals surface area contributed by atoms with Gasteiger partial charge in [0.15, 0.2) is 0 Å². The Balaban J connectivity index is 1.78. The van der Waals surface area contributed by atoms with E-state index in [9.17, 15) is 14.4 Å². The Morgan fingerprint density at radius 1 is 1.35 bits per heavy atom. The number of carbonyl (C=O) groups excluding carboxylic acids is 3. The number of hydrogen-bond donors (Lipinski definition) is 2. The number of urea groups is 1. The summed E-state index contributed by atoms with van der Waals surface area (Å²) in [5.74, 6) is -0.590. The van der Waals surface area contributed by atoms with Crippen LogP contribution in [-0.2, 0) is 16.0 Å². The number of nitrogens with zero attached hydrogens (tertiary/aromatic N) is 1. The Morgan fingerprint density at radius 2 is 2.10 bits per heavy atom.